The molecule has 0 aliphatic heterocycles. The number of carboxylic acids is 1. The van der Waals surface area contributed by atoms with Gasteiger partial charge in [0.1, 0.15) is 10.9 Å². The number of carbonyl (C=O) groups is 2. The summed E-state index contributed by atoms with van der Waals surface area (Å²) in [4.78, 5) is 36.3. The van der Waals surface area contributed by atoms with E-state index in [4.69, 9.17) is 0 Å². The topological polar surface area (TPSA) is 105 Å². The van der Waals surface area contributed by atoms with Crippen LogP contribution in [-0.4, -0.2) is 38.0 Å². The number of rotatable bonds is 6. The number of thiazole rings is 1. The van der Waals surface area contributed by atoms with Gasteiger partial charge in [0.15, 0.2) is 10.8 Å². The van der Waals surface area contributed by atoms with Gasteiger partial charge in [0.25, 0.3) is 5.91 Å². The Balaban J connectivity index is 2.05. The van der Waals surface area contributed by atoms with Crippen LogP contribution in [-0.2, 0) is 4.79 Å². The van der Waals surface area contributed by atoms with Gasteiger partial charge in [0, 0.05) is 12.4 Å². The minimum atomic E-state index is -1.04. The minimum Gasteiger partial charge on any atom is -0.480 e. The smallest absolute Gasteiger partial charge is 0.326 e. The SMILES string of the molecule is CC(C)(C)CCC(NC(=O)c1cnc(-c2ncccn2)s1)C(=O)O. The van der Waals surface area contributed by atoms with Crippen molar-refractivity contribution < 1.29 is 14.7 Å². The summed E-state index contributed by atoms with van der Waals surface area (Å²) < 4.78 is 0. The molecule has 0 aliphatic rings. The Morgan fingerprint density at radius 2 is 1.92 bits per heavy atom. The highest BCUT2D eigenvalue weighted by Crippen LogP contribution is 2.23. The number of nitrogens with zero attached hydrogens (tertiary/aromatic N) is 3. The zero-order chi connectivity index (χ0) is 17.7. The molecule has 2 aromatic heterocycles. The quantitative estimate of drug-likeness (QED) is 0.831. The molecule has 7 nitrogen and oxygen atoms in total. The molecule has 2 aromatic rings. The minimum absolute atomic E-state index is 0.000727. The van der Waals surface area contributed by atoms with E-state index in [-0.39, 0.29) is 5.41 Å². The van der Waals surface area contributed by atoms with E-state index in [0.29, 0.717) is 28.6 Å². The average Bonchev–Trinajstić information content (AvgIpc) is 3.01. The fraction of sp³-hybridized carbons (Fsp3) is 0.438. The highest BCUT2D eigenvalue weighted by atomic mass is 32.1. The predicted octanol–water partition coefficient (Wildman–Crippen LogP) is 2.61. The van der Waals surface area contributed by atoms with Crippen LogP contribution in [0.15, 0.2) is 24.7 Å². The van der Waals surface area contributed by atoms with Gasteiger partial charge in [-0.1, -0.05) is 20.8 Å². The summed E-state index contributed by atoms with van der Waals surface area (Å²) in [5.74, 6) is -1.05. The second kappa shape index (κ2) is 7.48. The first-order chi connectivity index (χ1) is 11.3. The molecule has 1 unspecified atom stereocenters. The van der Waals surface area contributed by atoms with Crippen LogP contribution in [0, 0.1) is 5.41 Å². The van der Waals surface area contributed by atoms with Gasteiger partial charge in [0.2, 0.25) is 0 Å². The Hall–Kier alpha value is -2.35. The third-order valence-electron chi connectivity index (χ3n) is 3.27. The number of carboxylic acid groups (broad SMARTS) is 1. The summed E-state index contributed by atoms with van der Waals surface area (Å²) in [5, 5.41) is 12.4. The van der Waals surface area contributed by atoms with E-state index in [1.807, 2.05) is 20.8 Å². The van der Waals surface area contributed by atoms with Crippen LogP contribution in [0.3, 0.4) is 0 Å². The molecular weight excluding hydrogens is 328 g/mol. The van der Waals surface area contributed by atoms with Crippen molar-refractivity contribution in [3.05, 3.63) is 29.5 Å². The molecule has 0 bridgehead atoms. The van der Waals surface area contributed by atoms with E-state index in [2.05, 4.69) is 20.3 Å². The van der Waals surface area contributed by atoms with Crippen LogP contribution in [0.2, 0.25) is 0 Å². The summed E-state index contributed by atoms with van der Waals surface area (Å²) in [5.41, 5.74) is 0.000727. The first-order valence-corrected chi connectivity index (χ1v) is 8.35. The third kappa shape index (κ3) is 5.09. The van der Waals surface area contributed by atoms with Gasteiger partial charge in [-0.05, 0) is 24.3 Å². The summed E-state index contributed by atoms with van der Waals surface area (Å²) in [7, 11) is 0. The lowest BCUT2D eigenvalue weighted by atomic mass is 9.88. The predicted molar refractivity (Wildman–Crippen MR) is 90.7 cm³/mol. The van der Waals surface area contributed by atoms with Crippen molar-refractivity contribution in [1.29, 1.82) is 0 Å². The largest absolute Gasteiger partial charge is 0.480 e. The monoisotopic (exact) mass is 348 g/mol. The summed E-state index contributed by atoms with van der Waals surface area (Å²) in [6, 6.07) is 0.771. The van der Waals surface area contributed by atoms with Crippen molar-refractivity contribution in [2.24, 2.45) is 5.41 Å². The van der Waals surface area contributed by atoms with Gasteiger partial charge in [-0.25, -0.2) is 19.7 Å². The molecule has 0 aliphatic carbocycles. The van der Waals surface area contributed by atoms with Gasteiger partial charge >= 0.3 is 5.97 Å². The number of hydrogen-bond acceptors (Lipinski definition) is 6. The van der Waals surface area contributed by atoms with Crippen molar-refractivity contribution in [2.45, 2.75) is 39.7 Å². The molecule has 2 N–H and O–H groups in total. The van der Waals surface area contributed by atoms with Crippen LogP contribution >= 0.6 is 11.3 Å². The van der Waals surface area contributed by atoms with E-state index in [0.717, 1.165) is 11.3 Å². The van der Waals surface area contributed by atoms with Crippen LogP contribution in [0.25, 0.3) is 10.8 Å². The standard InChI is InChI=1S/C16H20N4O3S/c1-16(2,3)6-5-10(15(22)23)20-13(21)11-9-19-14(24-11)12-17-7-4-8-18-12/h4,7-10H,5-6H2,1-3H3,(H,20,21)(H,22,23). The lowest BCUT2D eigenvalue weighted by Gasteiger charge is -2.21. The third-order valence-corrected chi connectivity index (χ3v) is 4.27. The highest BCUT2D eigenvalue weighted by Gasteiger charge is 2.24. The molecule has 0 radical (unpaired) electrons. The van der Waals surface area contributed by atoms with Gasteiger partial charge in [0.05, 0.1) is 6.20 Å². The first-order valence-electron chi connectivity index (χ1n) is 7.53. The summed E-state index contributed by atoms with van der Waals surface area (Å²) in [6.45, 7) is 6.09. The summed E-state index contributed by atoms with van der Waals surface area (Å²) >= 11 is 1.13. The fourth-order valence-electron chi connectivity index (χ4n) is 1.96. The molecule has 0 fully saturated rings. The summed E-state index contributed by atoms with van der Waals surface area (Å²) in [6.07, 6.45) is 5.66. The average molecular weight is 348 g/mol. The maximum atomic E-state index is 12.3. The molecule has 2 heterocycles. The zero-order valence-electron chi connectivity index (χ0n) is 13.8. The van der Waals surface area contributed by atoms with Gasteiger partial charge in [-0.15, -0.1) is 11.3 Å². The molecule has 2 rings (SSSR count). The highest BCUT2D eigenvalue weighted by molar-refractivity contribution is 7.16. The Morgan fingerprint density at radius 1 is 1.25 bits per heavy atom. The van der Waals surface area contributed by atoms with Crippen LogP contribution in [0.1, 0.15) is 43.3 Å². The van der Waals surface area contributed by atoms with Gasteiger partial charge < -0.3 is 10.4 Å². The number of carbonyl (C=O) groups excluding carboxylic acids is 1. The molecular formula is C16H20N4O3S. The van der Waals surface area contributed by atoms with E-state index in [1.165, 1.54) is 6.20 Å². The van der Waals surface area contributed by atoms with E-state index in [1.54, 1.807) is 18.5 Å². The van der Waals surface area contributed by atoms with Crippen molar-refractivity contribution in [1.82, 2.24) is 20.3 Å². The first kappa shape index (κ1) is 18.0. The van der Waals surface area contributed by atoms with Crippen molar-refractivity contribution in [3.8, 4) is 10.8 Å². The molecule has 8 heteroatoms. The molecule has 0 saturated carbocycles. The lowest BCUT2D eigenvalue weighted by molar-refractivity contribution is -0.139. The Bertz CT molecular complexity index is 710. The maximum Gasteiger partial charge on any atom is 0.326 e. The van der Waals surface area contributed by atoms with E-state index >= 15 is 0 Å². The zero-order valence-corrected chi connectivity index (χ0v) is 14.6. The number of nitrogens with one attached hydrogen (secondary N) is 1. The molecule has 1 amide bonds. The molecule has 0 spiro atoms. The van der Waals surface area contributed by atoms with Crippen LogP contribution in [0.5, 0.6) is 0 Å². The number of aliphatic carboxylic acids is 1. The second-order valence-electron chi connectivity index (χ2n) is 6.57. The number of hydrogen-bond donors (Lipinski definition) is 2. The van der Waals surface area contributed by atoms with Crippen molar-refractivity contribution >= 4 is 23.2 Å². The van der Waals surface area contributed by atoms with E-state index in [9.17, 15) is 14.7 Å². The van der Waals surface area contributed by atoms with Crippen molar-refractivity contribution in [2.75, 3.05) is 0 Å². The van der Waals surface area contributed by atoms with E-state index < -0.39 is 17.9 Å². The molecule has 0 saturated heterocycles. The van der Waals surface area contributed by atoms with Crippen molar-refractivity contribution in [3.63, 3.8) is 0 Å². The van der Waals surface area contributed by atoms with Gasteiger partial charge in [-0.3, -0.25) is 4.79 Å². The number of amides is 1. The van der Waals surface area contributed by atoms with Gasteiger partial charge in [-0.2, -0.15) is 0 Å². The molecule has 128 valence electrons. The molecule has 24 heavy (non-hydrogen) atoms. The normalized spacial score (nSPS) is 12.6. The molecule has 0 aromatic carbocycles. The maximum absolute atomic E-state index is 12.3. The van der Waals surface area contributed by atoms with Crippen LogP contribution < -0.4 is 5.32 Å². The molecule has 1 atom stereocenters. The Morgan fingerprint density at radius 3 is 2.50 bits per heavy atom. The Kier molecular flexibility index (Phi) is 5.61. The fourth-order valence-corrected chi connectivity index (χ4v) is 2.72. The lowest BCUT2D eigenvalue weighted by Crippen LogP contribution is -2.41. The second-order valence-corrected chi connectivity index (χ2v) is 7.60. The van der Waals surface area contributed by atoms with Crippen LogP contribution in [0.4, 0.5) is 0 Å². The number of aromatic nitrogens is 3. The Labute approximate surface area is 144 Å².